The van der Waals surface area contributed by atoms with Gasteiger partial charge in [0.25, 0.3) is 11.5 Å². The Morgan fingerprint density at radius 1 is 1.14 bits per heavy atom. The number of ether oxygens (including phenoxy) is 1. The summed E-state index contributed by atoms with van der Waals surface area (Å²) in [6.45, 7) is 1.22. The number of fused-ring (bicyclic) bond motifs is 4. The van der Waals surface area contributed by atoms with Gasteiger partial charge in [-0.1, -0.05) is 0 Å². The number of likely N-dealkylation sites (tertiary alicyclic amines) is 1. The third-order valence-electron chi connectivity index (χ3n) is 7.14. The van der Waals surface area contributed by atoms with Crippen LogP contribution in [0.3, 0.4) is 0 Å². The minimum absolute atomic E-state index is 0.0327. The number of rotatable bonds is 6. The number of imide groups is 1. The van der Waals surface area contributed by atoms with E-state index in [9.17, 15) is 24.4 Å². The number of amides is 4. The average molecular weight is 497 g/mol. The van der Waals surface area contributed by atoms with E-state index in [1.165, 1.54) is 17.7 Å². The Kier molecular flexibility index (Phi) is 6.14. The Morgan fingerprint density at radius 3 is 2.58 bits per heavy atom. The number of nitrogens with one attached hydrogen (secondary N) is 1. The molecule has 4 amide bonds. The predicted octanol–water partition coefficient (Wildman–Crippen LogP) is 1.40. The van der Waals surface area contributed by atoms with Gasteiger partial charge in [0.05, 0.1) is 12.8 Å². The Bertz CT molecular complexity index is 1260. The van der Waals surface area contributed by atoms with Gasteiger partial charge < -0.3 is 30.0 Å². The smallest absolute Gasteiger partial charge is 0.329 e. The molecule has 2 aromatic rings. The molecule has 3 aliphatic heterocycles. The molecule has 12 heteroatoms. The molecule has 0 radical (unpaired) electrons. The summed E-state index contributed by atoms with van der Waals surface area (Å²) in [6.07, 6.45) is 1.09. The van der Waals surface area contributed by atoms with Gasteiger partial charge in [0.15, 0.2) is 0 Å². The van der Waals surface area contributed by atoms with Gasteiger partial charge in [-0.25, -0.2) is 9.69 Å². The first-order valence-electron chi connectivity index (χ1n) is 11.7. The summed E-state index contributed by atoms with van der Waals surface area (Å²) in [6, 6.07) is 8.18. The number of anilines is 2. The zero-order valence-electron chi connectivity index (χ0n) is 19.6. The van der Waals surface area contributed by atoms with Crippen LogP contribution in [0.1, 0.15) is 30.9 Å². The van der Waals surface area contributed by atoms with Crippen LogP contribution in [0.5, 0.6) is 5.75 Å². The van der Waals surface area contributed by atoms with Gasteiger partial charge in [0, 0.05) is 37.7 Å². The van der Waals surface area contributed by atoms with Gasteiger partial charge >= 0.3 is 6.03 Å². The van der Waals surface area contributed by atoms with Crippen LogP contribution < -0.4 is 25.7 Å². The first-order valence-corrected chi connectivity index (χ1v) is 11.7. The molecule has 0 unspecified atom stereocenters. The molecule has 3 atom stereocenters. The van der Waals surface area contributed by atoms with Gasteiger partial charge in [-0.15, -0.1) is 0 Å². The van der Waals surface area contributed by atoms with Crippen LogP contribution in [0, 0.1) is 11.1 Å². The molecule has 1 aromatic heterocycles. The van der Waals surface area contributed by atoms with Crippen LogP contribution in [0.4, 0.5) is 16.2 Å². The second kappa shape index (κ2) is 9.28. The molecule has 0 aliphatic carbocycles. The SMILES string of the molecule is COc1ccc(N2C(=O)N[C@@H](CCC(=O)N3C[C@H]4C[C@@H](C3)c3ccc(N([O-])O)c(=O)n3C4)C2=O)cc1. The molecule has 12 nitrogen and oxygen atoms in total. The fourth-order valence-corrected chi connectivity index (χ4v) is 5.41. The van der Waals surface area contributed by atoms with Crippen molar-refractivity contribution in [2.75, 3.05) is 30.3 Å². The molecule has 36 heavy (non-hydrogen) atoms. The highest BCUT2D eigenvalue weighted by Gasteiger charge is 2.40. The molecule has 2 bridgehead atoms. The summed E-state index contributed by atoms with van der Waals surface area (Å²) < 4.78 is 6.62. The lowest BCUT2D eigenvalue weighted by molar-refractivity contribution is -0.134. The molecule has 0 spiro atoms. The van der Waals surface area contributed by atoms with E-state index in [0.29, 0.717) is 31.1 Å². The topological polar surface area (TPSA) is 147 Å². The number of hydrogen-bond donors (Lipinski definition) is 2. The van der Waals surface area contributed by atoms with Crippen molar-refractivity contribution >= 4 is 29.2 Å². The summed E-state index contributed by atoms with van der Waals surface area (Å²) in [4.78, 5) is 53.7. The van der Waals surface area contributed by atoms with Crippen LogP contribution in [-0.2, 0) is 16.1 Å². The van der Waals surface area contributed by atoms with Gasteiger partial charge in [-0.2, -0.15) is 0 Å². The molecular weight excluding hydrogens is 470 g/mol. The van der Waals surface area contributed by atoms with Crippen LogP contribution in [0.15, 0.2) is 41.2 Å². The van der Waals surface area contributed by atoms with E-state index in [1.807, 2.05) is 0 Å². The minimum Gasteiger partial charge on any atom is -0.733 e. The Morgan fingerprint density at radius 2 is 1.89 bits per heavy atom. The van der Waals surface area contributed by atoms with Crippen molar-refractivity contribution in [3.8, 4) is 5.75 Å². The third kappa shape index (κ3) is 4.18. The third-order valence-corrected chi connectivity index (χ3v) is 7.14. The van der Waals surface area contributed by atoms with Gasteiger partial charge in [-0.3, -0.25) is 19.6 Å². The van der Waals surface area contributed by atoms with E-state index in [1.54, 1.807) is 35.2 Å². The number of hydrogen-bond acceptors (Lipinski definition) is 8. The van der Waals surface area contributed by atoms with Crippen LogP contribution in [-0.4, -0.2) is 58.8 Å². The van der Waals surface area contributed by atoms with Crippen molar-refractivity contribution in [1.82, 2.24) is 14.8 Å². The van der Waals surface area contributed by atoms with Gasteiger partial charge in [0.2, 0.25) is 5.91 Å². The van der Waals surface area contributed by atoms with Gasteiger partial charge in [0.1, 0.15) is 17.5 Å². The van der Waals surface area contributed by atoms with E-state index in [4.69, 9.17) is 9.94 Å². The summed E-state index contributed by atoms with van der Waals surface area (Å²) in [7, 11) is 1.53. The molecule has 190 valence electrons. The highest BCUT2D eigenvalue weighted by atomic mass is 16.8. The maximum atomic E-state index is 13.0. The highest BCUT2D eigenvalue weighted by Crippen LogP contribution is 2.36. The summed E-state index contributed by atoms with van der Waals surface area (Å²) >= 11 is 0. The quantitative estimate of drug-likeness (QED) is 0.451. The fourth-order valence-electron chi connectivity index (χ4n) is 5.41. The number of carbonyl (C=O) groups excluding carboxylic acids is 3. The maximum Gasteiger partial charge on any atom is 0.329 e. The molecular formula is C24H26N5O7-. The molecule has 2 N–H and O–H groups in total. The first kappa shape index (κ1) is 23.8. The standard InChI is InChI=1S/C24H26N5O7/c1-36-17-4-2-16(3-5-17)28-22(31)18(25-24(28)33)6-9-21(30)26-11-14-10-15(13-26)19-7-8-20(29(34)35)23(32)27(19)12-14/h2-5,7-8,14-15,18,34H,6,9-13H2,1H3,(H,25,33)/q-1/t14-,15+,18+/m1/s1. The summed E-state index contributed by atoms with van der Waals surface area (Å²) in [5.74, 6) is 0.0377. The number of benzene rings is 1. The fraction of sp³-hybridized carbons (Fsp3) is 0.417. The lowest BCUT2D eigenvalue weighted by atomic mass is 9.83. The van der Waals surface area contributed by atoms with E-state index >= 15 is 0 Å². The molecule has 2 saturated heterocycles. The van der Waals surface area contributed by atoms with Crippen molar-refractivity contribution < 1.29 is 24.3 Å². The zero-order chi connectivity index (χ0) is 25.6. The van der Waals surface area contributed by atoms with E-state index in [-0.39, 0.29) is 36.3 Å². The Hall–Kier alpha value is -3.90. The zero-order valence-corrected chi connectivity index (χ0v) is 19.6. The van der Waals surface area contributed by atoms with E-state index in [0.717, 1.165) is 17.0 Å². The molecule has 2 fully saturated rings. The number of carbonyl (C=O) groups is 3. The second-order valence-electron chi connectivity index (χ2n) is 9.34. The molecule has 1 aromatic carbocycles. The van der Waals surface area contributed by atoms with Crippen molar-refractivity contribution in [1.29, 1.82) is 0 Å². The lowest BCUT2D eigenvalue weighted by Crippen LogP contribution is -2.49. The molecule has 5 rings (SSSR count). The molecule has 3 aliphatic rings. The number of urea groups is 1. The maximum absolute atomic E-state index is 13.0. The second-order valence-corrected chi connectivity index (χ2v) is 9.34. The summed E-state index contributed by atoms with van der Waals surface area (Å²) in [5.41, 5.74) is 0.275. The van der Waals surface area contributed by atoms with Crippen LogP contribution >= 0.6 is 0 Å². The number of nitrogens with zero attached hydrogens (tertiary/aromatic N) is 4. The molecule has 4 heterocycles. The minimum atomic E-state index is -0.793. The predicted molar refractivity (Wildman–Crippen MR) is 128 cm³/mol. The van der Waals surface area contributed by atoms with Crippen molar-refractivity contribution in [2.24, 2.45) is 5.92 Å². The van der Waals surface area contributed by atoms with Gasteiger partial charge in [-0.05, 0) is 55.2 Å². The largest absolute Gasteiger partial charge is 0.733 e. The number of methoxy groups -OCH3 is 1. The number of piperidine rings is 1. The lowest BCUT2D eigenvalue weighted by Gasteiger charge is -2.43. The first-order chi connectivity index (χ1) is 17.3. The highest BCUT2D eigenvalue weighted by molar-refractivity contribution is 6.21. The van der Waals surface area contributed by atoms with E-state index < -0.39 is 28.8 Å². The Balaban J connectivity index is 1.22. The van der Waals surface area contributed by atoms with Crippen LogP contribution in [0.2, 0.25) is 0 Å². The van der Waals surface area contributed by atoms with Crippen molar-refractivity contribution in [3.63, 3.8) is 0 Å². The van der Waals surface area contributed by atoms with E-state index in [2.05, 4.69) is 5.32 Å². The summed E-state index contributed by atoms with van der Waals surface area (Å²) in [5, 5.41) is 22.6. The normalized spacial score (nSPS) is 22.8. The molecule has 0 saturated carbocycles. The monoisotopic (exact) mass is 496 g/mol. The Labute approximate surface area is 206 Å². The van der Waals surface area contributed by atoms with Crippen molar-refractivity contribution in [3.05, 3.63) is 57.7 Å². The van der Waals surface area contributed by atoms with Crippen LogP contribution in [0.25, 0.3) is 0 Å². The number of aromatic nitrogens is 1. The average Bonchev–Trinajstić information content (AvgIpc) is 3.15. The van der Waals surface area contributed by atoms with Crippen molar-refractivity contribution in [2.45, 2.75) is 37.8 Å². The number of pyridine rings is 1.